The molecule has 0 heterocycles. The van der Waals surface area contributed by atoms with Crippen molar-refractivity contribution in [3.63, 3.8) is 0 Å². The summed E-state index contributed by atoms with van der Waals surface area (Å²) in [6.45, 7) is 7.15. The van der Waals surface area contributed by atoms with Crippen LogP contribution in [0.2, 0.25) is 0 Å². The molecule has 0 spiro atoms. The third kappa shape index (κ3) is 8.33. The number of methoxy groups -OCH3 is 1. The fourth-order valence-electron chi connectivity index (χ4n) is 4.18. The highest BCUT2D eigenvalue weighted by molar-refractivity contribution is 5.99. The molecule has 0 aromatic heterocycles. The van der Waals surface area contributed by atoms with E-state index in [-0.39, 0.29) is 12.3 Å². The molecule has 0 aliphatic rings. The third-order valence-electron chi connectivity index (χ3n) is 6.10. The van der Waals surface area contributed by atoms with Crippen LogP contribution in [-0.2, 0) is 20.7 Å². The molecule has 3 amide bonds. The van der Waals surface area contributed by atoms with E-state index in [1.807, 2.05) is 61.5 Å². The van der Waals surface area contributed by atoms with Crippen LogP contribution in [0.3, 0.4) is 0 Å². The summed E-state index contributed by atoms with van der Waals surface area (Å²) in [5.74, 6) is -0.156. The van der Waals surface area contributed by atoms with Gasteiger partial charge in [0.25, 0.3) is 5.91 Å². The van der Waals surface area contributed by atoms with Gasteiger partial charge in [0.15, 0.2) is 0 Å². The molecular weight excluding hydrogens is 494 g/mol. The lowest BCUT2D eigenvalue weighted by Crippen LogP contribution is -2.52. The minimum absolute atomic E-state index is 0.226. The van der Waals surface area contributed by atoms with Crippen molar-refractivity contribution in [1.82, 2.24) is 10.2 Å². The van der Waals surface area contributed by atoms with Gasteiger partial charge in [-0.05, 0) is 68.7 Å². The number of hydrogen-bond acceptors (Lipinski definition) is 5. The summed E-state index contributed by atoms with van der Waals surface area (Å²) in [5.41, 5.74) is 2.21. The van der Waals surface area contributed by atoms with Crippen molar-refractivity contribution >= 4 is 23.6 Å². The molecule has 206 valence electrons. The number of benzene rings is 3. The van der Waals surface area contributed by atoms with E-state index in [2.05, 4.69) is 10.6 Å². The second-order valence-electron chi connectivity index (χ2n) is 10.3. The fourth-order valence-corrected chi connectivity index (χ4v) is 4.18. The van der Waals surface area contributed by atoms with Crippen LogP contribution in [0.15, 0.2) is 78.9 Å². The number of alkyl carbamates (subject to hydrolysis) is 1. The van der Waals surface area contributed by atoms with E-state index < -0.39 is 29.7 Å². The van der Waals surface area contributed by atoms with E-state index in [9.17, 15) is 14.4 Å². The second-order valence-corrected chi connectivity index (χ2v) is 10.3. The zero-order valence-electron chi connectivity index (χ0n) is 23.4. The van der Waals surface area contributed by atoms with Gasteiger partial charge in [0, 0.05) is 19.2 Å². The van der Waals surface area contributed by atoms with Gasteiger partial charge in [-0.25, -0.2) is 4.79 Å². The maximum absolute atomic E-state index is 14.0. The van der Waals surface area contributed by atoms with Crippen LogP contribution in [0.25, 0.3) is 0 Å². The molecule has 2 N–H and O–H groups in total. The van der Waals surface area contributed by atoms with Crippen LogP contribution in [0.5, 0.6) is 5.75 Å². The predicted molar refractivity (Wildman–Crippen MR) is 152 cm³/mol. The number of rotatable bonds is 9. The standard InChI is InChI=1S/C31H37N3O5/c1-21-12-10-11-15-25(21)27(28(35)32-23-16-18-24(38-6)19-17-23)34(5)29(36)26(20-22-13-8-7-9-14-22)33-30(37)39-31(2,3)4/h7-19,26-27H,20H2,1-6H3,(H,32,35)(H,33,37). The Bertz CT molecular complexity index is 1270. The van der Waals surface area contributed by atoms with Crippen molar-refractivity contribution in [2.75, 3.05) is 19.5 Å². The Balaban J connectivity index is 1.94. The van der Waals surface area contributed by atoms with Crippen LogP contribution >= 0.6 is 0 Å². The predicted octanol–water partition coefficient (Wildman–Crippen LogP) is 5.28. The summed E-state index contributed by atoms with van der Waals surface area (Å²) in [6, 6.07) is 21.8. The first kappa shape index (κ1) is 29.2. The number of carbonyl (C=O) groups excluding carboxylic acids is 3. The summed E-state index contributed by atoms with van der Waals surface area (Å²) >= 11 is 0. The van der Waals surface area contributed by atoms with Crippen LogP contribution < -0.4 is 15.4 Å². The number of hydrogen-bond donors (Lipinski definition) is 2. The summed E-state index contributed by atoms with van der Waals surface area (Å²) in [7, 11) is 3.14. The van der Waals surface area contributed by atoms with Crippen molar-refractivity contribution in [2.24, 2.45) is 0 Å². The van der Waals surface area contributed by atoms with E-state index in [1.54, 1.807) is 59.2 Å². The number of nitrogens with one attached hydrogen (secondary N) is 2. The molecule has 0 aliphatic carbocycles. The molecule has 3 rings (SSSR count). The van der Waals surface area contributed by atoms with Gasteiger partial charge in [-0.15, -0.1) is 0 Å². The first-order valence-electron chi connectivity index (χ1n) is 12.8. The third-order valence-corrected chi connectivity index (χ3v) is 6.10. The molecule has 2 atom stereocenters. The molecule has 0 saturated heterocycles. The lowest BCUT2D eigenvalue weighted by Gasteiger charge is -2.32. The lowest BCUT2D eigenvalue weighted by molar-refractivity contribution is -0.139. The largest absolute Gasteiger partial charge is 0.497 e. The van der Waals surface area contributed by atoms with Gasteiger partial charge in [-0.3, -0.25) is 9.59 Å². The highest BCUT2D eigenvalue weighted by Crippen LogP contribution is 2.26. The Morgan fingerprint density at radius 3 is 2.10 bits per heavy atom. The molecular formula is C31H37N3O5. The molecule has 8 nitrogen and oxygen atoms in total. The Morgan fingerprint density at radius 2 is 1.51 bits per heavy atom. The summed E-state index contributed by atoms with van der Waals surface area (Å²) in [5, 5.41) is 5.64. The van der Waals surface area contributed by atoms with Gasteiger partial charge in [0.05, 0.1) is 7.11 Å². The summed E-state index contributed by atoms with van der Waals surface area (Å²) < 4.78 is 10.6. The van der Waals surface area contributed by atoms with Gasteiger partial charge in [-0.1, -0.05) is 54.6 Å². The molecule has 39 heavy (non-hydrogen) atoms. The second kappa shape index (κ2) is 13.0. The molecule has 0 saturated carbocycles. The first-order valence-corrected chi connectivity index (χ1v) is 12.8. The smallest absolute Gasteiger partial charge is 0.408 e. The van der Waals surface area contributed by atoms with Crippen molar-refractivity contribution < 1.29 is 23.9 Å². The van der Waals surface area contributed by atoms with Gasteiger partial charge in [0.1, 0.15) is 23.4 Å². The highest BCUT2D eigenvalue weighted by Gasteiger charge is 2.35. The van der Waals surface area contributed by atoms with Gasteiger partial charge < -0.3 is 25.0 Å². The molecule has 8 heteroatoms. The number of ether oxygens (including phenoxy) is 2. The lowest BCUT2D eigenvalue weighted by atomic mass is 9.97. The molecule has 0 bridgehead atoms. The zero-order chi connectivity index (χ0) is 28.6. The first-order chi connectivity index (χ1) is 18.5. The number of carbonyl (C=O) groups is 3. The van der Waals surface area contributed by atoms with Gasteiger partial charge in [-0.2, -0.15) is 0 Å². The summed E-state index contributed by atoms with van der Waals surface area (Å²) in [4.78, 5) is 41.8. The molecule has 3 aromatic rings. The minimum atomic E-state index is -0.965. The van der Waals surface area contributed by atoms with Crippen LogP contribution in [0.1, 0.15) is 43.5 Å². The van der Waals surface area contributed by atoms with E-state index in [4.69, 9.17) is 9.47 Å². The monoisotopic (exact) mass is 531 g/mol. The Hall–Kier alpha value is -4.33. The van der Waals surface area contributed by atoms with E-state index in [0.717, 1.165) is 11.1 Å². The van der Waals surface area contributed by atoms with Crippen molar-refractivity contribution in [3.8, 4) is 5.75 Å². The Morgan fingerprint density at radius 1 is 0.897 bits per heavy atom. The number of likely N-dealkylation sites (N-methyl/N-ethyl adjacent to an activating group) is 1. The van der Waals surface area contributed by atoms with Crippen molar-refractivity contribution in [3.05, 3.63) is 95.6 Å². The van der Waals surface area contributed by atoms with Crippen LogP contribution in [0, 0.1) is 6.92 Å². The SMILES string of the molecule is COc1ccc(NC(=O)C(c2ccccc2C)N(C)C(=O)C(Cc2ccccc2)NC(=O)OC(C)(C)C)cc1. The number of anilines is 1. The molecule has 0 aliphatic heterocycles. The minimum Gasteiger partial charge on any atom is -0.497 e. The average molecular weight is 532 g/mol. The zero-order valence-corrected chi connectivity index (χ0v) is 23.4. The van der Waals surface area contributed by atoms with E-state index >= 15 is 0 Å². The van der Waals surface area contributed by atoms with Gasteiger partial charge in [0.2, 0.25) is 5.91 Å². The topological polar surface area (TPSA) is 97.0 Å². The average Bonchev–Trinajstić information content (AvgIpc) is 2.89. The number of aryl methyl sites for hydroxylation is 1. The molecule has 2 unspecified atom stereocenters. The number of amides is 3. The normalized spacial score (nSPS) is 12.6. The molecule has 0 radical (unpaired) electrons. The van der Waals surface area contributed by atoms with Crippen molar-refractivity contribution in [2.45, 2.75) is 51.8 Å². The van der Waals surface area contributed by atoms with Crippen LogP contribution in [-0.4, -0.2) is 48.6 Å². The maximum Gasteiger partial charge on any atom is 0.408 e. The van der Waals surface area contributed by atoms with Crippen LogP contribution in [0.4, 0.5) is 10.5 Å². The molecule has 0 fully saturated rings. The van der Waals surface area contributed by atoms with E-state index in [1.165, 1.54) is 4.90 Å². The highest BCUT2D eigenvalue weighted by atomic mass is 16.6. The van der Waals surface area contributed by atoms with E-state index in [0.29, 0.717) is 17.0 Å². The number of nitrogens with zero attached hydrogens (tertiary/aromatic N) is 1. The van der Waals surface area contributed by atoms with Gasteiger partial charge >= 0.3 is 6.09 Å². The Labute approximate surface area is 230 Å². The summed E-state index contributed by atoms with van der Waals surface area (Å²) in [6.07, 6.45) is -0.482. The Kier molecular flexibility index (Phi) is 9.71. The van der Waals surface area contributed by atoms with Crippen molar-refractivity contribution in [1.29, 1.82) is 0 Å². The fraction of sp³-hybridized carbons (Fsp3) is 0.323. The quantitative estimate of drug-likeness (QED) is 0.392. The maximum atomic E-state index is 14.0. The molecule has 3 aromatic carbocycles.